The van der Waals surface area contributed by atoms with Gasteiger partial charge < -0.3 is 4.40 Å². The van der Waals surface area contributed by atoms with Gasteiger partial charge in [0.15, 0.2) is 0 Å². The monoisotopic (exact) mass is 201 g/mol. The Morgan fingerprint density at radius 2 is 1.40 bits per heavy atom. The van der Waals surface area contributed by atoms with E-state index in [4.69, 9.17) is 0 Å². The molecule has 1 heteroatoms. The van der Waals surface area contributed by atoms with Crippen molar-refractivity contribution in [2.75, 3.05) is 0 Å². The van der Waals surface area contributed by atoms with Crippen LogP contribution < -0.4 is 0 Å². The molecule has 80 valence electrons. The quantitative estimate of drug-likeness (QED) is 0.686. The minimum atomic E-state index is 0.568. The second kappa shape index (κ2) is 3.73. The highest BCUT2D eigenvalue weighted by Crippen LogP contribution is 2.24. The summed E-state index contributed by atoms with van der Waals surface area (Å²) in [5.41, 5.74) is 4.13. The Morgan fingerprint density at radius 3 is 2.00 bits per heavy atom. The van der Waals surface area contributed by atoms with Crippen LogP contribution in [0.15, 0.2) is 30.3 Å². The molecule has 2 aromatic rings. The maximum atomic E-state index is 2.40. The van der Waals surface area contributed by atoms with E-state index in [0.29, 0.717) is 11.8 Å². The van der Waals surface area contributed by atoms with Crippen LogP contribution in [0.1, 0.15) is 50.9 Å². The van der Waals surface area contributed by atoms with E-state index in [9.17, 15) is 0 Å². The van der Waals surface area contributed by atoms with Gasteiger partial charge in [-0.05, 0) is 36.1 Å². The molecule has 2 rings (SSSR count). The van der Waals surface area contributed by atoms with E-state index in [1.165, 1.54) is 16.9 Å². The Morgan fingerprint density at radius 1 is 0.800 bits per heavy atom. The molecule has 0 saturated carbocycles. The largest absolute Gasteiger partial charge is 0.317 e. The molecular formula is C14H19N. The summed E-state index contributed by atoms with van der Waals surface area (Å²) in [6.45, 7) is 9.00. The molecule has 2 heterocycles. The first-order valence-electron chi connectivity index (χ1n) is 5.71. The molecule has 0 aliphatic carbocycles. The minimum absolute atomic E-state index is 0.568. The smallest absolute Gasteiger partial charge is 0.0456 e. The van der Waals surface area contributed by atoms with Crippen LogP contribution in [0.5, 0.6) is 0 Å². The summed E-state index contributed by atoms with van der Waals surface area (Å²) < 4.78 is 2.40. The van der Waals surface area contributed by atoms with Crippen LogP contribution in [-0.2, 0) is 0 Å². The van der Waals surface area contributed by atoms with Crippen LogP contribution in [0.25, 0.3) is 5.52 Å². The Bertz CT molecular complexity index is 463. The highest BCUT2D eigenvalue weighted by atomic mass is 14.9. The van der Waals surface area contributed by atoms with Gasteiger partial charge in [0.2, 0.25) is 0 Å². The molecule has 1 nitrogen and oxygen atoms in total. The van der Waals surface area contributed by atoms with Gasteiger partial charge in [-0.1, -0.05) is 33.8 Å². The average molecular weight is 201 g/mol. The third kappa shape index (κ3) is 1.67. The molecule has 2 aromatic heterocycles. The topological polar surface area (TPSA) is 4.41 Å². The van der Waals surface area contributed by atoms with Crippen molar-refractivity contribution in [3.63, 3.8) is 0 Å². The summed E-state index contributed by atoms with van der Waals surface area (Å²) in [6.07, 6.45) is 0. The van der Waals surface area contributed by atoms with Crippen LogP contribution in [0.2, 0.25) is 0 Å². The number of hydrogen-bond acceptors (Lipinski definition) is 0. The predicted octanol–water partition coefficient (Wildman–Crippen LogP) is 4.19. The molecule has 0 radical (unpaired) electrons. The van der Waals surface area contributed by atoms with Gasteiger partial charge in [0.1, 0.15) is 0 Å². The molecule has 0 aliphatic rings. The summed E-state index contributed by atoms with van der Waals surface area (Å²) >= 11 is 0. The van der Waals surface area contributed by atoms with Crippen molar-refractivity contribution in [3.8, 4) is 0 Å². The maximum Gasteiger partial charge on any atom is 0.0456 e. The van der Waals surface area contributed by atoms with Gasteiger partial charge in [-0.2, -0.15) is 0 Å². The first-order chi connectivity index (χ1) is 7.11. The molecular weight excluding hydrogens is 182 g/mol. The summed E-state index contributed by atoms with van der Waals surface area (Å²) in [5.74, 6) is 1.14. The van der Waals surface area contributed by atoms with Crippen molar-refractivity contribution in [2.24, 2.45) is 0 Å². The van der Waals surface area contributed by atoms with E-state index >= 15 is 0 Å². The van der Waals surface area contributed by atoms with Crippen LogP contribution >= 0.6 is 0 Å². The lowest BCUT2D eigenvalue weighted by Gasteiger charge is -2.14. The zero-order chi connectivity index (χ0) is 11.0. The van der Waals surface area contributed by atoms with Gasteiger partial charge in [0.25, 0.3) is 0 Å². The molecule has 0 saturated heterocycles. The van der Waals surface area contributed by atoms with Gasteiger partial charge in [-0.15, -0.1) is 0 Å². The number of hydrogen-bond donors (Lipinski definition) is 0. The Balaban J connectivity index is 2.75. The third-order valence-electron chi connectivity index (χ3n) is 2.92. The number of aromatic nitrogens is 1. The van der Waals surface area contributed by atoms with Crippen LogP contribution in [0.3, 0.4) is 0 Å². The Labute approximate surface area is 91.7 Å². The van der Waals surface area contributed by atoms with E-state index in [1.807, 2.05) is 0 Å². The molecule has 0 atom stereocenters. The average Bonchev–Trinajstić information content (AvgIpc) is 2.60. The lowest BCUT2D eigenvalue weighted by molar-refractivity contribution is 0.744. The van der Waals surface area contributed by atoms with Crippen LogP contribution in [-0.4, -0.2) is 4.40 Å². The van der Waals surface area contributed by atoms with E-state index in [2.05, 4.69) is 62.4 Å². The normalized spacial score (nSPS) is 11.9. The minimum Gasteiger partial charge on any atom is -0.317 e. The number of rotatable bonds is 2. The first-order valence-corrected chi connectivity index (χ1v) is 5.71. The summed E-state index contributed by atoms with van der Waals surface area (Å²) in [7, 11) is 0. The van der Waals surface area contributed by atoms with Gasteiger partial charge in [-0.25, -0.2) is 0 Å². The zero-order valence-electron chi connectivity index (χ0n) is 9.99. The Kier molecular flexibility index (Phi) is 2.56. The van der Waals surface area contributed by atoms with Crippen molar-refractivity contribution >= 4 is 5.52 Å². The maximum absolute atomic E-state index is 2.40. The van der Waals surface area contributed by atoms with Crippen molar-refractivity contribution in [1.82, 2.24) is 4.40 Å². The fourth-order valence-electron chi connectivity index (χ4n) is 2.12. The number of fused-ring (bicyclic) bond motifs is 1. The van der Waals surface area contributed by atoms with Crippen molar-refractivity contribution in [1.29, 1.82) is 0 Å². The second-order valence-corrected chi connectivity index (χ2v) is 4.78. The number of nitrogens with zero attached hydrogens (tertiary/aromatic N) is 1. The SMILES string of the molecule is CC(C)c1cccc2ccc(C(C)C)n12. The van der Waals surface area contributed by atoms with Gasteiger partial charge in [-0.3, -0.25) is 0 Å². The predicted molar refractivity (Wildman–Crippen MR) is 65.6 cm³/mol. The molecule has 0 unspecified atom stereocenters. The molecule has 0 aromatic carbocycles. The van der Waals surface area contributed by atoms with E-state index in [-0.39, 0.29) is 0 Å². The summed E-state index contributed by atoms with van der Waals surface area (Å²) in [5, 5.41) is 0. The fraction of sp³-hybridized carbons (Fsp3) is 0.429. The van der Waals surface area contributed by atoms with E-state index < -0.39 is 0 Å². The van der Waals surface area contributed by atoms with E-state index in [0.717, 1.165) is 0 Å². The van der Waals surface area contributed by atoms with Gasteiger partial charge >= 0.3 is 0 Å². The van der Waals surface area contributed by atoms with Crippen LogP contribution in [0.4, 0.5) is 0 Å². The summed E-state index contributed by atoms with van der Waals surface area (Å²) in [6, 6.07) is 11.0. The molecule has 0 aliphatic heterocycles. The first kappa shape index (κ1) is 10.3. The highest BCUT2D eigenvalue weighted by Gasteiger charge is 2.10. The van der Waals surface area contributed by atoms with Gasteiger partial charge in [0.05, 0.1) is 0 Å². The summed E-state index contributed by atoms with van der Waals surface area (Å²) in [4.78, 5) is 0. The standard InChI is InChI=1S/C14H19N/c1-10(2)13-7-5-6-12-8-9-14(11(3)4)15(12)13/h5-11H,1-4H3. The fourth-order valence-corrected chi connectivity index (χ4v) is 2.12. The Hall–Kier alpha value is -1.24. The third-order valence-corrected chi connectivity index (χ3v) is 2.92. The number of pyridine rings is 1. The molecule has 0 amide bonds. The van der Waals surface area contributed by atoms with E-state index in [1.54, 1.807) is 0 Å². The zero-order valence-corrected chi connectivity index (χ0v) is 9.99. The lowest BCUT2D eigenvalue weighted by atomic mass is 10.1. The molecule has 0 N–H and O–H groups in total. The molecule has 15 heavy (non-hydrogen) atoms. The van der Waals surface area contributed by atoms with Gasteiger partial charge in [0, 0.05) is 16.9 Å². The van der Waals surface area contributed by atoms with Crippen LogP contribution in [0, 0.1) is 0 Å². The van der Waals surface area contributed by atoms with Crippen molar-refractivity contribution in [2.45, 2.75) is 39.5 Å². The molecule has 0 spiro atoms. The molecule has 0 bridgehead atoms. The molecule has 0 fully saturated rings. The van der Waals surface area contributed by atoms with Crippen molar-refractivity contribution < 1.29 is 0 Å². The highest BCUT2D eigenvalue weighted by molar-refractivity contribution is 5.52. The van der Waals surface area contributed by atoms with Crippen molar-refractivity contribution in [3.05, 3.63) is 41.7 Å². The lowest BCUT2D eigenvalue weighted by Crippen LogP contribution is -2.03. The second-order valence-electron chi connectivity index (χ2n) is 4.78.